The smallest absolute Gasteiger partial charge is 0.408 e. The lowest BCUT2D eigenvalue weighted by molar-refractivity contribution is -0.142. The zero-order valence-corrected chi connectivity index (χ0v) is 10.9. The number of hydrogen-bond donors (Lipinski definition) is 1. The molecular formula is C10H19NO4S. The normalized spacial score (nSPS) is 13.8. The largest absolute Gasteiger partial charge is 0.467 e. The molecule has 0 fully saturated rings. The summed E-state index contributed by atoms with van der Waals surface area (Å²) >= 11 is 1.45. The quantitative estimate of drug-likeness (QED) is 0.721. The number of ether oxygens (including phenoxy) is 2. The van der Waals surface area contributed by atoms with Gasteiger partial charge in [0.15, 0.2) is 0 Å². The summed E-state index contributed by atoms with van der Waals surface area (Å²) in [7, 11) is 1.29. The van der Waals surface area contributed by atoms with Crippen LogP contribution in [0.25, 0.3) is 0 Å². The van der Waals surface area contributed by atoms with Crippen LogP contribution in [0.2, 0.25) is 0 Å². The summed E-state index contributed by atoms with van der Waals surface area (Å²) in [6.07, 6.45) is 1.84. The minimum Gasteiger partial charge on any atom is -0.467 e. The zero-order chi connectivity index (χ0) is 12.6. The van der Waals surface area contributed by atoms with Crippen molar-refractivity contribution < 1.29 is 19.1 Å². The van der Waals surface area contributed by atoms with Crippen LogP contribution in [-0.2, 0) is 14.3 Å². The maximum Gasteiger partial charge on any atom is 0.408 e. The van der Waals surface area contributed by atoms with Gasteiger partial charge in [-0.25, -0.2) is 9.59 Å². The molecule has 16 heavy (non-hydrogen) atoms. The number of thioether (sulfide) groups is 1. The Hall–Kier alpha value is -0.910. The molecule has 0 heterocycles. The third kappa shape index (κ3) is 5.85. The molecule has 0 aromatic heterocycles. The fraction of sp³-hybridized carbons (Fsp3) is 0.800. The third-order valence-corrected chi connectivity index (χ3v) is 2.66. The Bertz CT molecular complexity index is 235. The monoisotopic (exact) mass is 249 g/mol. The number of carbonyl (C=O) groups is 2. The van der Waals surface area contributed by atoms with E-state index in [4.69, 9.17) is 4.74 Å². The van der Waals surface area contributed by atoms with Gasteiger partial charge in [0.2, 0.25) is 0 Å². The maximum atomic E-state index is 11.4. The van der Waals surface area contributed by atoms with Crippen LogP contribution in [0.3, 0.4) is 0 Å². The van der Waals surface area contributed by atoms with Gasteiger partial charge in [0.05, 0.1) is 7.11 Å². The molecule has 0 saturated heterocycles. The van der Waals surface area contributed by atoms with Crippen molar-refractivity contribution >= 4 is 23.8 Å². The molecule has 2 atom stereocenters. The first-order chi connectivity index (χ1) is 7.54. The number of methoxy groups -OCH3 is 1. The Labute approximate surface area is 100 Å². The molecule has 1 amide bonds. The van der Waals surface area contributed by atoms with Crippen molar-refractivity contribution in [2.24, 2.45) is 0 Å². The number of nitrogens with one attached hydrogen (secondary N) is 1. The number of esters is 1. The molecule has 5 nitrogen and oxygen atoms in total. The summed E-state index contributed by atoms with van der Waals surface area (Å²) in [4.78, 5) is 22.7. The minimum absolute atomic E-state index is 0.160. The van der Waals surface area contributed by atoms with E-state index in [1.54, 1.807) is 6.92 Å². The van der Waals surface area contributed by atoms with Crippen molar-refractivity contribution in [2.75, 3.05) is 19.1 Å². The lowest BCUT2D eigenvalue weighted by atomic mass is 10.3. The van der Waals surface area contributed by atoms with Crippen LogP contribution in [0.5, 0.6) is 0 Å². The molecule has 0 aromatic rings. The summed E-state index contributed by atoms with van der Waals surface area (Å²) in [5, 5.41) is 2.48. The van der Waals surface area contributed by atoms with Crippen molar-refractivity contribution in [3.63, 3.8) is 0 Å². The Kier molecular flexibility index (Phi) is 7.80. The molecule has 0 bridgehead atoms. The number of amides is 1. The first-order valence-corrected chi connectivity index (χ1v) is 6.48. The van der Waals surface area contributed by atoms with Gasteiger partial charge in [0.25, 0.3) is 0 Å². The van der Waals surface area contributed by atoms with E-state index in [9.17, 15) is 9.59 Å². The molecule has 1 N–H and O–H groups in total. The number of hydrogen-bond acceptors (Lipinski definition) is 5. The molecule has 0 aliphatic carbocycles. The predicted octanol–water partition coefficient (Wildman–Crippen LogP) is 1.42. The second-order valence-electron chi connectivity index (χ2n) is 3.30. The van der Waals surface area contributed by atoms with Crippen LogP contribution in [0.15, 0.2) is 0 Å². The zero-order valence-electron chi connectivity index (χ0n) is 10.1. The molecule has 1 unspecified atom stereocenters. The standard InChI is InChI=1S/C10H19NO4S/c1-5-7(2)15-10(13)11-8(6-16-4)9(12)14-3/h7-8H,5-6H2,1-4H3,(H,11,13)/t7?,8-/m0/s1. The topological polar surface area (TPSA) is 64.6 Å². The van der Waals surface area contributed by atoms with E-state index < -0.39 is 18.1 Å². The van der Waals surface area contributed by atoms with Gasteiger partial charge in [-0.1, -0.05) is 6.92 Å². The fourth-order valence-corrected chi connectivity index (χ4v) is 1.47. The van der Waals surface area contributed by atoms with Crippen LogP contribution in [0.4, 0.5) is 4.79 Å². The maximum absolute atomic E-state index is 11.4. The summed E-state index contributed by atoms with van der Waals surface area (Å²) in [5.74, 6) is -0.00195. The molecule has 0 aliphatic heterocycles. The molecule has 6 heteroatoms. The second kappa shape index (κ2) is 8.27. The first kappa shape index (κ1) is 15.1. The number of carbonyl (C=O) groups excluding carboxylic acids is 2. The van der Waals surface area contributed by atoms with E-state index in [1.165, 1.54) is 18.9 Å². The van der Waals surface area contributed by atoms with Gasteiger partial charge in [0.1, 0.15) is 12.1 Å². The average molecular weight is 249 g/mol. The van der Waals surface area contributed by atoms with E-state index >= 15 is 0 Å². The summed E-state index contributed by atoms with van der Waals surface area (Å²) in [6, 6.07) is -0.656. The summed E-state index contributed by atoms with van der Waals surface area (Å²) in [6.45, 7) is 3.71. The molecule has 0 radical (unpaired) electrons. The van der Waals surface area contributed by atoms with Gasteiger partial charge in [-0.2, -0.15) is 11.8 Å². The van der Waals surface area contributed by atoms with Crippen LogP contribution < -0.4 is 5.32 Å². The predicted molar refractivity (Wildman–Crippen MR) is 63.6 cm³/mol. The third-order valence-electron chi connectivity index (χ3n) is 1.99. The molecule has 0 aliphatic rings. The highest BCUT2D eigenvalue weighted by atomic mass is 32.2. The van der Waals surface area contributed by atoms with Crippen molar-refractivity contribution in [2.45, 2.75) is 32.4 Å². The van der Waals surface area contributed by atoms with Gasteiger partial charge in [0, 0.05) is 5.75 Å². The van der Waals surface area contributed by atoms with Crippen LogP contribution >= 0.6 is 11.8 Å². The van der Waals surface area contributed by atoms with Gasteiger partial charge in [-0.05, 0) is 19.6 Å². The first-order valence-electron chi connectivity index (χ1n) is 5.09. The molecule has 0 aromatic carbocycles. The van der Waals surface area contributed by atoms with Crippen LogP contribution in [0.1, 0.15) is 20.3 Å². The van der Waals surface area contributed by atoms with Gasteiger partial charge in [-0.3, -0.25) is 0 Å². The van der Waals surface area contributed by atoms with E-state index in [-0.39, 0.29) is 6.10 Å². The Morgan fingerprint density at radius 3 is 2.50 bits per heavy atom. The van der Waals surface area contributed by atoms with E-state index in [2.05, 4.69) is 10.1 Å². The molecule has 0 rings (SSSR count). The fourth-order valence-electron chi connectivity index (χ4n) is 0.920. The second-order valence-corrected chi connectivity index (χ2v) is 4.21. The van der Waals surface area contributed by atoms with Crippen LogP contribution in [-0.4, -0.2) is 43.3 Å². The Morgan fingerprint density at radius 1 is 1.44 bits per heavy atom. The molecule has 94 valence electrons. The molecular weight excluding hydrogens is 230 g/mol. The Balaban J connectivity index is 4.17. The van der Waals surface area contributed by atoms with Crippen molar-refractivity contribution in [3.05, 3.63) is 0 Å². The average Bonchev–Trinajstić information content (AvgIpc) is 2.27. The highest BCUT2D eigenvalue weighted by molar-refractivity contribution is 7.98. The number of alkyl carbamates (subject to hydrolysis) is 1. The van der Waals surface area contributed by atoms with Crippen molar-refractivity contribution in [3.8, 4) is 0 Å². The van der Waals surface area contributed by atoms with Gasteiger partial charge >= 0.3 is 12.1 Å². The molecule has 0 saturated carbocycles. The van der Waals surface area contributed by atoms with E-state index in [0.717, 1.165) is 6.42 Å². The SMILES string of the molecule is CCC(C)OC(=O)N[C@@H](CSC)C(=O)OC. The van der Waals surface area contributed by atoms with Crippen molar-refractivity contribution in [1.29, 1.82) is 0 Å². The lowest BCUT2D eigenvalue weighted by Crippen LogP contribution is -2.44. The van der Waals surface area contributed by atoms with E-state index in [1.807, 2.05) is 13.2 Å². The number of rotatable bonds is 6. The van der Waals surface area contributed by atoms with Gasteiger partial charge < -0.3 is 14.8 Å². The van der Waals surface area contributed by atoms with Gasteiger partial charge in [-0.15, -0.1) is 0 Å². The van der Waals surface area contributed by atoms with Crippen LogP contribution in [0, 0.1) is 0 Å². The highest BCUT2D eigenvalue weighted by Crippen LogP contribution is 2.02. The summed E-state index contributed by atoms with van der Waals surface area (Å²) in [5.41, 5.74) is 0. The summed E-state index contributed by atoms with van der Waals surface area (Å²) < 4.78 is 9.58. The highest BCUT2D eigenvalue weighted by Gasteiger charge is 2.22. The minimum atomic E-state index is -0.656. The molecule has 0 spiro atoms. The van der Waals surface area contributed by atoms with Crippen molar-refractivity contribution in [1.82, 2.24) is 5.32 Å². The Morgan fingerprint density at radius 2 is 2.06 bits per heavy atom. The van der Waals surface area contributed by atoms with E-state index in [0.29, 0.717) is 5.75 Å². The lowest BCUT2D eigenvalue weighted by Gasteiger charge is -2.17.